The van der Waals surface area contributed by atoms with E-state index in [0.717, 1.165) is 10.0 Å². The molecule has 0 aromatic heterocycles. The summed E-state index contributed by atoms with van der Waals surface area (Å²) in [5.41, 5.74) is 0.836. The van der Waals surface area contributed by atoms with Crippen molar-refractivity contribution in [3.63, 3.8) is 0 Å². The predicted octanol–water partition coefficient (Wildman–Crippen LogP) is 4.08. The van der Waals surface area contributed by atoms with Crippen molar-refractivity contribution in [2.75, 3.05) is 6.54 Å². The van der Waals surface area contributed by atoms with Crippen molar-refractivity contribution in [3.8, 4) is 0 Å². The first-order chi connectivity index (χ1) is 6.88. The normalized spacial score (nSPS) is 13.1. The van der Waals surface area contributed by atoms with Gasteiger partial charge in [0.15, 0.2) is 0 Å². The average molecular weight is 319 g/mol. The largest absolute Gasteiger partial charge is 0.401 e. The maximum atomic E-state index is 11.9. The summed E-state index contributed by atoms with van der Waals surface area (Å²) in [6.07, 6.45) is -4.16. The molecule has 1 aromatic rings. The lowest BCUT2D eigenvalue weighted by atomic mass is 10.1. The Hall–Kier alpha value is -0.260. The van der Waals surface area contributed by atoms with Gasteiger partial charge in [0.2, 0.25) is 0 Å². The van der Waals surface area contributed by atoms with Crippen molar-refractivity contribution in [1.82, 2.24) is 5.32 Å². The van der Waals surface area contributed by atoms with Crippen LogP contribution in [0.1, 0.15) is 18.5 Å². The maximum Gasteiger partial charge on any atom is 0.401 e. The molecule has 1 N–H and O–H groups in total. The smallest absolute Gasteiger partial charge is 0.302 e. The highest BCUT2D eigenvalue weighted by atomic mass is 79.9. The van der Waals surface area contributed by atoms with E-state index in [4.69, 9.17) is 0 Å². The molecule has 0 aliphatic heterocycles. The number of benzene rings is 1. The van der Waals surface area contributed by atoms with Crippen molar-refractivity contribution >= 4 is 28.3 Å². The van der Waals surface area contributed by atoms with Gasteiger partial charge in [-0.05, 0) is 24.6 Å². The molecule has 0 aliphatic carbocycles. The fraction of sp³-hybridized carbons (Fsp3) is 0.400. The van der Waals surface area contributed by atoms with Crippen molar-refractivity contribution < 1.29 is 13.2 Å². The van der Waals surface area contributed by atoms with Crippen LogP contribution in [0.4, 0.5) is 13.2 Å². The summed E-state index contributed by atoms with van der Waals surface area (Å²) < 4.78 is 36.7. The van der Waals surface area contributed by atoms with Gasteiger partial charge >= 0.3 is 6.18 Å². The van der Waals surface area contributed by atoms with E-state index in [-0.39, 0.29) is 18.4 Å². The third kappa shape index (κ3) is 5.72. The third-order valence-electron chi connectivity index (χ3n) is 1.98. The van der Waals surface area contributed by atoms with Gasteiger partial charge in [0.25, 0.3) is 0 Å². The Morgan fingerprint density at radius 1 is 1.25 bits per heavy atom. The van der Waals surface area contributed by atoms with Crippen LogP contribution >= 0.6 is 28.3 Å². The van der Waals surface area contributed by atoms with Crippen LogP contribution in [0.5, 0.6) is 0 Å². The quantitative estimate of drug-likeness (QED) is 0.885. The van der Waals surface area contributed by atoms with Gasteiger partial charge in [-0.2, -0.15) is 13.2 Å². The second kappa shape index (κ2) is 6.47. The molecular formula is C10H12BrClF3N. The van der Waals surface area contributed by atoms with Gasteiger partial charge in [-0.25, -0.2) is 0 Å². The van der Waals surface area contributed by atoms with Gasteiger partial charge < -0.3 is 5.32 Å². The molecule has 0 aliphatic rings. The molecule has 6 heteroatoms. The molecule has 1 nitrogen and oxygen atoms in total. The van der Waals surface area contributed by atoms with E-state index in [2.05, 4.69) is 21.2 Å². The topological polar surface area (TPSA) is 12.0 Å². The molecule has 1 rings (SSSR count). The fourth-order valence-electron chi connectivity index (χ4n) is 1.14. The fourth-order valence-corrected chi connectivity index (χ4v) is 1.40. The van der Waals surface area contributed by atoms with Gasteiger partial charge in [-0.1, -0.05) is 28.1 Å². The molecule has 0 unspecified atom stereocenters. The summed E-state index contributed by atoms with van der Waals surface area (Å²) in [7, 11) is 0. The highest BCUT2D eigenvalue weighted by molar-refractivity contribution is 9.10. The minimum absolute atomic E-state index is 0. The second-order valence-electron chi connectivity index (χ2n) is 3.27. The Morgan fingerprint density at radius 2 is 1.75 bits per heavy atom. The van der Waals surface area contributed by atoms with E-state index < -0.39 is 12.7 Å². The van der Waals surface area contributed by atoms with Crippen molar-refractivity contribution in [1.29, 1.82) is 0 Å². The highest BCUT2D eigenvalue weighted by Crippen LogP contribution is 2.18. The zero-order valence-corrected chi connectivity index (χ0v) is 10.9. The Kier molecular flexibility index (Phi) is 6.36. The molecule has 0 amide bonds. The standard InChI is InChI=1S/C10H11BrF3N.ClH/c1-7(15-6-10(12,13)14)8-2-4-9(11)5-3-8;/h2-5,7,15H,6H2,1H3;1H/t7-;/m0./s1. The zero-order valence-electron chi connectivity index (χ0n) is 8.51. The van der Waals surface area contributed by atoms with Gasteiger partial charge in [0.05, 0.1) is 6.54 Å². The number of hydrogen-bond acceptors (Lipinski definition) is 1. The van der Waals surface area contributed by atoms with Gasteiger partial charge in [0.1, 0.15) is 0 Å². The Balaban J connectivity index is 0.00000225. The van der Waals surface area contributed by atoms with E-state index in [1.54, 1.807) is 31.2 Å². The monoisotopic (exact) mass is 317 g/mol. The van der Waals surface area contributed by atoms with Crippen LogP contribution in [-0.2, 0) is 0 Å². The molecule has 0 saturated heterocycles. The molecule has 1 aromatic carbocycles. The molecule has 16 heavy (non-hydrogen) atoms. The summed E-state index contributed by atoms with van der Waals surface area (Å²) in [5.74, 6) is 0. The van der Waals surface area contributed by atoms with Crippen LogP contribution in [0.15, 0.2) is 28.7 Å². The number of nitrogens with one attached hydrogen (secondary N) is 1. The second-order valence-corrected chi connectivity index (χ2v) is 4.18. The molecule has 0 fully saturated rings. The lowest BCUT2D eigenvalue weighted by molar-refractivity contribution is -0.126. The number of halogens is 5. The lowest BCUT2D eigenvalue weighted by Crippen LogP contribution is -2.30. The molecule has 1 atom stereocenters. The summed E-state index contributed by atoms with van der Waals surface area (Å²) in [6.45, 7) is 0.735. The van der Waals surface area contributed by atoms with Crippen molar-refractivity contribution in [2.24, 2.45) is 0 Å². The first kappa shape index (κ1) is 15.7. The Labute approximate surface area is 107 Å². The molecule has 0 spiro atoms. The summed E-state index contributed by atoms with van der Waals surface area (Å²) >= 11 is 3.26. The van der Waals surface area contributed by atoms with Crippen LogP contribution in [0.25, 0.3) is 0 Å². The molecule has 0 saturated carbocycles. The molecule has 0 bridgehead atoms. The van der Waals surface area contributed by atoms with Crippen LogP contribution in [-0.4, -0.2) is 12.7 Å². The minimum Gasteiger partial charge on any atom is -0.302 e. The zero-order chi connectivity index (χ0) is 11.5. The van der Waals surface area contributed by atoms with Crippen molar-refractivity contribution in [3.05, 3.63) is 34.3 Å². The van der Waals surface area contributed by atoms with E-state index in [9.17, 15) is 13.2 Å². The molecule has 92 valence electrons. The first-order valence-electron chi connectivity index (χ1n) is 4.44. The minimum atomic E-state index is -4.16. The summed E-state index contributed by atoms with van der Waals surface area (Å²) in [4.78, 5) is 0. The average Bonchev–Trinajstić information content (AvgIpc) is 2.14. The number of rotatable bonds is 3. The maximum absolute atomic E-state index is 11.9. The first-order valence-corrected chi connectivity index (χ1v) is 5.23. The van der Waals surface area contributed by atoms with Gasteiger partial charge in [-0.15, -0.1) is 12.4 Å². The van der Waals surface area contributed by atoms with Gasteiger partial charge in [0, 0.05) is 10.5 Å². The van der Waals surface area contributed by atoms with E-state index in [1.165, 1.54) is 0 Å². The number of hydrogen-bond donors (Lipinski definition) is 1. The summed E-state index contributed by atoms with van der Waals surface area (Å²) in [6, 6.07) is 6.89. The molecular weight excluding hydrogens is 306 g/mol. The number of alkyl halides is 3. The third-order valence-corrected chi connectivity index (χ3v) is 2.51. The molecule has 0 heterocycles. The van der Waals surface area contributed by atoms with E-state index in [0.29, 0.717) is 0 Å². The van der Waals surface area contributed by atoms with Crippen LogP contribution in [0.2, 0.25) is 0 Å². The lowest BCUT2D eigenvalue weighted by Gasteiger charge is -2.15. The van der Waals surface area contributed by atoms with Crippen LogP contribution in [0.3, 0.4) is 0 Å². The SMILES string of the molecule is C[C@H](NCC(F)(F)F)c1ccc(Br)cc1.Cl. The van der Waals surface area contributed by atoms with E-state index >= 15 is 0 Å². The van der Waals surface area contributed by atoms with Crippen molar-refractivity contribution in [2.45, 2.75) is 19.1 Å². The Bertz CT molecular complexity index is 313. The molecule has 0 radical (unpaired) electrons. The van der Waals surface area contributed by atoms with Crippen LogP contribution < -0.4 is 5.32 Å². The van der Waals surface area contributed by atoms with E-state index in [1.807, 2.05) is 0 Å². The Morgan fingerprint density at radius 3 is 2.19 bits per heavy atom. The van der Waals surface area contributed by atoms with Crippen LogP contribution in [0, 0.1) is 0 Å². The van der Waals surface area contributed by atoms with Gasteiger partial charge in [-0.3, -0.25) is 0 Å². The highest BCUT2D eigenvalue weighted by Gasteiger charge is 2.27. The summed E-state index contributed by atoms with van der Waals surface area (Å²) in [5, 5.41) is 2.42. The predicted molar refractivity (Wildman–Crippen MR) is 63.9 cm³/mol.